The minimum Gasteiger partial charge on any atom is -0.379 e. The second-order valence-corrected chi connectivity index (χ2v) is 8.99. The normalized spacial score (nSPS) is 25.0. The molecule has 0 atom stereocenters. The van der Waals surface area contributed by atoms with E-state index in [1.54, 1.807) is 0 Å². The van der Waals surface area contributed by atoms with Gasteiger partial charge < -0.3 is 10.1 Å². The molecule has 1 aromatic rings. The molecule has 0 aromatic heterocycles. The van der Waals surface area contributed by atoms with Crippen LogP contribution in [0.3, 0.4) is 0 Å². The molecule has 2 fully saturated rings. The predicted octanol–water partition coefficient (Wildman–Crippen LogP) is 2.61. The van der Waals surface area contributed by atoms with Gasteiger partial charge in [-0.05, 0) is 43.7 Å². The van der Waals surface area contributed by atoms with Crippen molar-refractivity contribution >= 4 is 21.4 Å². The summed E-state index contributed by atoms with van der Waals surface area (Å²) in [7, 11) is -3.75. The van der Waals surface area contributed by atoms with Crippen molar-refractivity contribution in [1.82, 2.24) is 4.31 Å². The van der Waals surface area contributed by atoms with E-state index in [9.17, 15) is 18.5 Å². The Morgan fingerprint density at radius 3 is 2.46 bits per heavy atom. The Labute approximate surface area is 153 Å². The maximum atomic E-state index is 12.7. The summed E-state index contributed by atoms with van der Waals surface area (Å²) in [4.78, 5) is 10.9. The number of nitro groups is 1. The monoisotopic (exact) mass is 383 g/mol. The molecule has 2 aliphatic rings. The molecule has 0 unspecified atom stereocenters. The van der Waals surface area contributed by atoms with Crippen LogP contribution in [-0.4, -0.2) is 50.0 Å². The smallest absolute Gasteiger partial charge is 0.293 e. The zero-order chi connectivity index (χ0) is 18.7. The van der Waals surface area contributed by atoms with Gasteiger partial charge in [-0.3, -0.25) is 10.1 Å². The Balaban J connectivity index is 1.83. The van der Waals surface area contributed by atoms with E-state index in [-0.39, 0.29) is 29.7 Å². The molecule has 0 bridgehead atoms. The summed E-state index contributed by atoms with van der Waals surface area (Å²) in [6, 6.07) is 4.32. The lowest BCUT2D eigenvalue weighted by Crippen LogP contribution is -2.40. The SMILES string of the molecule is CC1CCC(Nc2ccc(S(=O)(=O)N3CCOCC3)cc2[N+](=O)[O-])CC1. The van der Waals surface area contributed by atoms with Crippen LogP contribution in [0.4, 0.5) is 11.4 Å². The van der Waals surface area contributed by atoms with Crippen molar-refractivity contribution in [1.29, 1.82) is 0 Å². The number of nitrogens with one attached hydrogen (secondary N) is 1. The van der Waals surface area contributed by atoms with Crippen LogP contribution in [0.1, 0.15) is 32.6 Å². The van der Waals surface area contributed by atoms with E-state index in [1.807, 2.05) is 0 Å². The predicted molar refractivity (Wildman–Crippen MR) is 97.7 cm³/mol. The number of sulfonamides is 1. The molecule has 1 aromatic carbocycles. The number of ether oxygens (including phenoxy) is 1. The van der Waals surface area contributed by atoms with E-state index in [1.165, 1.54) is 22.5 Å². The quantitative estimate of drug-likeness (QED) is 0.619. The molecule has 1 saturated heterocycles. The number of rotatable bonds is 5. The van der Waals surface area contributed by atoms with Gasteiger partial charge in [0.05, 0.1) is 23.0 Å². The molecule has 1 aliphatic carbocycles. The number of nitro benzene ring substituents is 1. The van der Waals surface area contributed by atoms with Crippen LogP contribution >= 0.6 is 0 Å². The molecule has 1 N–H and O–H groups in total. The lowest BCUT2D eigenvalue weighted by molar-refractivity contribution is -0.384. The van der Waals surface area contributed by atoms with Crippen molar-refractivity contribution < 1.29 is 18.1 Å². The van der Waals surface area contributed by atoms with Crippen molar-refractivity contribution in [2.45, 2.75) is 43.5 Å². The topological polar surface area (TPSA) is 102 Å². The van der Waals surface area contributed by atoms with Gasteiger partial charge in [0, 0.05) is 25.2 Å². The molecule has 1 aliphatic heterocycles. The highest BCUT2D eigenvalue weighted by molar-refractivity contribution is 7.89. The maximum absolute atomic E-state index is 12.7. The van der Waals surface area contributed by atoms with E-state index in [4.69, 9.17) is 4.74 Å². The van der Waals surface area contributed by atoms with E-state index in [0.29, 0.717) is 24.8 Å². The Hall–Kier alpha value is -1.71. The van der Waals surface area contributed by atoms with Crippen molar-refractivity contribution in [2.75, 3.05) is 31.6 Å². The zero-order valence-corrected chi connectivity index (χ0v) is 15.7. The first kappa shape index (κ1) is 19.1. The molecular formula is C17H25N3O5S. The number of benzene rings is 1. The molecule has 0 amide bonds. The Kier molecular flexibility index (Phi) is 5.79. The standard InChI is InChI=1S/C17H25N3O5S/c1-13-2-4-14(5-3-13)18-16-7-6-15(12-17(16)20(21)22)26(23,24)19-8-10-25-11-9-19/h6-7,12-14,18H,2-5,8-11H2,1H3. The second kappa shape index (κ2) is 7.89. The molecular weight excluding hydrogens is 358 g/mol. The lowest BCUT2D eigenvalue weighted by atomic mass is 9.87. The largest absolute Gasteiger partial charge is 0.379 e. The van der Waals surface area contributed by atoms with E-state index in [0.717, 1.165) is 25.7 Å². The molecule has 1 heterocycles. The van der Waals surface area contributed by atoms with Crippen LogP contribution in [0, 0.1) is 16.0 Å². The highest BCUT2D eigenvalue weighted by Crippen LogP contribution is 2.32. The molecule has 8 nitrogen and oxygen atoms in total. The van der Waals surface area contributed by atoms with Gasteiger partial charge in [-0.2, -0.15) is 4.31 Å². The summed E-state index contributed by atoms with van der Waals surface area (Å²) in [5.74, 6) is 0.684. The van der Waals surface area contributed by atoms with Gasteiger partial charge in [0.25, 0.3) is 5.69 Å². The summed E-state index contributed by atoms with van der Waals surface area (Å²) in [5.41, 5.74) is 0.188. The lowest BCUT2D eigenvalue weighted by Gasteiger charge is -2.28. The van der Waals surface area contributed by atoms with Crippen LogP contribution < -0.4 is 5.32 Å². The molecule has 9 heteroatoms. The third kappa shape index (κ3) is 4.16. The molecule has 0 radical (unpaired) electrons. The van der Waals surface area contributed by atoms with Gasteiger partial charge in [0.1, 0.15) is 5.69 Å². The van der Waals surface area contributed by atoms with Crippen LogP contribution in [0.5, 0.6) is 0 Å². The number of anilines is 1. The molecule has 3 rings (SSSR count). The summed E-state index contributed by atoms with van der Waals surface area (Å²) < 4.78 is 31.9. The fourth-order valence-electron chi connectivity index (χ4n) is 3.51. The van der Waals surface area contributed by atoms with Crippen LogP contribution in [0.25, 0.3) is 0 Å². The average Bonchev–Trinajstić information content (AvgIpc) is 2.64. The first-order chi connectivity index (χ1) is 12.4. The summed E-state index contributed by atoms with van der Waals surface area (Å²) >= 11 is 0. The minimum absolute atomic E-state index is 0.0473. The third-order valence-corrected chi connectivity index (χ3v) is 7.04. The van der Waals surface area contributed by atoms with Crippen molar-refractivity contribution in [3.05, 3.63) is 28.3 Å². The summed E-state index contributed by atoms with van der Waals surface area (Å²) in [6.07, 6.45) is 4.11. The molecule has 1 saturated carbocycles. The third-order valence-electron chi connectivity index (χ3n) is 5.15. The highest BCUT2D eigenvalue weighted by atomic mass is 32.2. The Morgan fingerprint density at radius 2 is 1.85 bits per heavy atom. The Morgan fingerprint density at radius 1 is 1.19 bits per heavy atom. The van der Waals surface area contributed by atoms with E-state index >= 15 is 0 Å². The number of hydrogen-bond acceptors (Lipinski definition) is 6. The molecule has 26 heavy (non-hydrogen) atoms. The maximum Gasteiger partial charge on any atom is 0.293 e. The zero-order valence-electron chi connectivity index (χ0n) is 14.9. The van der Waals surface area contributed by atoms with Crippen molar-refractivity contribution in [3.63, 3.8) is 0 Å². The summed E-state index contributed by atoms with van der Waals surface area (Å²) in [5, 5.41) is 14.7. The first-order valence-corrected chi connectivity index (χ1v) is 10.4. The summed E-state index contributed by atoms with van der Waals surface area (Å²) in [6.45, 7) is 3.40. The van der Waals surface area contributed by atoms with Gasteiger partial charge >= 0.3 is 0 Å². The highest BCUT2D eigenvalue weighted by Gasteiger charge is 2.29. The van der Waals surface area contributed by atoms with Crippen LogP contribution in [0.2, 0.25) is 0 Å². The van der Waals surface area contributed by atoms with E-state index < -0.39 is 14.9 Å². The number of hydrogen-bond donors (Lipinski definition) is 1. The minimum atomic E-state index is -3.75. The van der Waals surface area contributed by atoms with Crippen molar-refractivity contribution in [3.8, 4) is 0 Å². The van der Waals surface area contributed by atoms with Gasteiger partial charge in [-0.15, -0.1) is 0 Å². The van der Waals surface area contributed by atoms with E-state index in [2.05, 4.69) is 12.2 Å². The fraction of sp³-hybridized carbons (Fsp3) is 0.647. The molecule has 144 valence electrons. The van der Waals surface area contributed by atoms with Crippen LogP contribution in [-0.2, 0) is 14.8 Å². The van der Waals surface area contributed by atoms with Crippen molar-refractivity contribution in [2.24, 2.45) is 5.92 Å². The average molecular weight is 383 g/mol. The van der Waals surface area contributed by atoms with Gasteiger partial charge in [0.15, 0.2) is 0 Å². The fourth-order valence-corrected chi connectivity index (χ4v) is 4.93. The Bertz CT molecular complexity index is 754. The first-order valence-electron chi connectivity index (χ1n) is 9.01. The second-order valence-electron chi connectivity index (χ2n) is 7.05. The van der Waals surface area contributed by atoms with Gasteiger partial charge in [0.2, 0.25) is 10.0 Å². The van der Waals surface area contributed by atoms with Crippen LogP contribution in [0.15, 0.2) is 23.1 Å². The number of nitrogens with zero attached hydrogens (tertiary/aromatic N) is 2. The number of morpholine rings is 1. The van der Waals surface area contributed by atoms with Gasteiger partial charge in [-0.25, -0.2) is 8.42 Å². The van der Waals surface area contributed by atoms with Gasteiger partial charge in [-0.1, -0.05) is 6.92 Å². The molecule has 0 spiro atoms.